The minimum absolute atomic E-state index is 0.255. The average Bonchev–Trinajstić information content (AvgIpc) is 2.49. The Hall–Kier alpha value is -0.940. The van der Waals surface area contributed by atoms with Crippen LogP contribution in [0.1, 0.15) is 12.5 Å². The molecule has 1 aliphatic rings. The van der Waals surface area contributed by atoms with Crippen molar-refractivity contribution < 1.29 is 5.11 Å². The highest BCUT2D eigenvalue weighted by Gasteiger charge is 2.31. The van der Waals surface area contributed by atoms with Gasteiger partial charge >= 0.3 is 0 Å². The van der Waals surface area contributed by atoms with Crippen molar-refractivity contribution in [2.45, 2.75) is 12.5 Å². The third-order valence-electron chi connectivity index (χ3n) is 4.05. The Kier molecular flexibility index (Phi) is 4.93. The van der Waals surface area contributed by atoms with E-state index in [1.165, 1.54) is 0 Å². The smallest absolute Gasteiger partial charge is 0.114 e. The summed E-state index contributed by atoms with van der Waals surface area (Å²) >= 11 is 0. The van der Waals surface area contributed by atoms with E-state index in [-0.39, 0.29) is 6.54 Å². The average molecular weight is 263 g/mol. The number of rotatable bonds is 5. The number of nitrogens with zero attached hydrogens (tertiary/aromatic N) is 2. The lowest BCUT2D eigenvalue weighted by Gasteiger charge is -2.39. The summed E-state index contributed by atoms with van der Waals surface area (Å²) < 4.78 is 0. The van der Waals surface area contributed by atoms with Crippen LogP contribution in [0.2, 0.25) is 0 Å². The summed E-state index contributed by atoms with van der Waals surface area (Å²) in [5, 5.41) is 10.8. The molecule has 0 spiro atoms. The molecule has 2 rings (SSSR count). The first kappa shape index (κ1) is 14.5. The lowest BCUT2D eigenvalue weighted by Crippen LogP contribution is -2.52. The molecule has 1 atom stereocenters. The SMILES string of the molecule is CCN1CCN(CC(O)(CN)c2ccccc2)CC1. The van der Waals surface area contributed by atoms with Gasteiger partial charge in [-0.25, -0.2) is 0 Å². The number of aliphatic hydroxyl groups is 1. The van der Waals surface area contributed by atoms with Crippen molar-refractivity contribution >= 4 is 0 Å². The van der Waals surface area contributed by atoms with Gasteiger partial charge in [0.1, 0.15) is 5.60 Å². The molecule has 1 unspecified atom stereocenters. The Balaban J connectivity index is 2.00. The second-order valence-corrected chi connectivity index (χ2v) is 5.31. The van der Waals surface area contributed by atoms with Crippen LogP contribution in [-0.2, 0) is 5.60 Å². The zero-order chi connectivity index (χ0) is 13.7. The maximum absolute atomic E-state index is 10.8. The molecule has 0 radical (unpaired) electrons. The van der Waals surface area contributed by atoms with E-state index in [2.05, 4.69) is 16.7 Å². The van der Waals surface area contributed by atoms with Crippen molar-refractivity contribution in [3.05, 3.63) is 35.9 Å². The molecule has 4 nitrogen and oxygen atoms in total. The summed E-state index contributed by atoms with van der Waals surface area (Å²) in [5.41, 5.74) is 5.80. The Morgan fingerprint density at radius 3 is 2.21 bits per heavy atom. The van der Waals surface area contributed by atoms with Crippen molar-refractivity contribution in [2.75, 3.05) is 45.8 Å². The van der Waals surface area contributed by atoms with Gasteiger partial charge < -0.3 is 15.7 Å². The van der Waals surface area contributed by atoms with Gasteiger partial charge in [0.25, 0.3) is 0 Å². The van der Waals surface area contributed by atoms with E-state index in [0.29, 0.717) is 6.54 Å². The van der Waals surface area contributed by atoms with E-state index >= 15 is 0 Å². The topological polar surface area (TPSA) is 52.7 Å². The van der Waals surface area contributed by atoms with Crippen LogP contribution in [0.25, 0.3) is 0 Å². The molecule has 1 heterocycles. The minimum atomic E-state index is -0.935. The fourth-order valence-corrected chi connectivity index (χ4v) is 2.66. The maximum atomic E-state index is 10.8. The second kappa shape index (κ2) is 6.48. The molecule has 1 aromatic carbocycles. The number of benzene rings is 1. The Bertz CT molecular complexity index is 376. The predicted octanol–water partition coefficient (Wildman–Crippen LogP) is 0.470. The van der Waals surface area contributed by atoms with Gasteiger partial charge in [0, 0.05) is 39.3 Å². The molecule has 1 aliphatic heterocycles. The van der Waals surface area contributed by atoms with Crippen molar-refractivity contribution in [2.24, 2.45) is 5.73 Å². The molecule has 0 aliphatic carbocycles. The summed E-state index contributed by atoms with van der Waals surface area (Å²) in [7, 11) is 0. The summed E-state index contributed by atoms with van der Waals surface area (Å²) in [4.78, 5) is 4.74. The van der Waals surface area contributed by atoms with E-state index < -0.39 is 5.60 Å². The number of nitrogens with two attached hydrogens (primary N) is 1. The number of likely N-dealkylation sites (N-methyl/N-ethyl adjacent to an activating group) is 1. The van der Waals surface area contributed by atoms with E-state index in [1.807, 2.05) is 30.3 Å². The molecular weight excluding hydrogens is 238 g/mol. The molecule has 1 aromatic rings. The Morgan fingerprint density at radius 2 is 1.68 bits per heavy atom. The van der Waals surface area contributed by atoms with Crippen molar-refractivity contribution in [3.63, 3.8) is 0 Å². The number of piperazine rings is 1. The van der Waals surface area contributed by atoms with Gasteiger partial charge in [-0.1, -0.05) is 37.3 Å². The second-order valence-electron chi connectivity index (χ2n) is 5.31. The number of β-amino-alcohol motifs (C(OH)–C–C–N with tert-alkyl or cyclic N) is 1. The highest BCUT2D eigenvalue weighted by molar-refractivity contribution is 5.23. The quantitative estimate of drug-likeness (QED) is 0.811. The van der Waals surface area contributed by atoms with E-state index in [4.69, 9.17) is 5.73 Å². The molecule has 0 bridgehead atoms. The molecule has 0 amide bonds. The van der Waals surface area contributed by atoms with Crippen molar-refractivity contribution in [3.8, 4) is 0 Å². The molecule has 0 aromatic heterocycles. The molecule has 19 heavy (non-hydrogen) atoms. The van der Waals surface area contributed by atoms with Gasteiger partial charge in [-0.15, -0.1) is 0 Å². The monoisotopic (exact) mass is 263 g/mol. The molecule has 4 heteroatoms. The third-order valence-corrected chi connectivity index (χ3v) is 4.05. The lowest BCUT2D eigenvalue weighted by molar-refractivity contribution is -0.00659. The number of hydrogen-bond acceptors (Lipinski definition) is 4. The zero-order valence-corrected chi connectivity index (χ0v) is 11.8. The van der Waals surface area contributed by atoms with E-state index in [1.54, 1.807) is 0 Å². The van der Waals surface area contributed by atoms with Crippen LogP contribution in [0, 0.1) is 0 Å². The van der Waals surface area contributed by atoms with E-state index in [9.17, 15) is 5.11 Å². The van der Waals surface area contributed by atoms with Gasteiger partial charge in [-0.05, 0) is 12.1 Å². The van der Waals surface area contributed by atoms with Gasteiger partial charge in [-0.2, -0.15) is 0 Å². The minimum Gasteiger partial charge on any atom is -0.382 e. The van der Waals surface area contributed by atoms with Gasteiger partial charge in [0.2, 0.25) is 0 Å². The predicted molar refractivity (Wildman–Crippen MR) is 77.9 cm³/mol. The molecular formula is C15H25N3O. The Labute approximate surface area is 115 Å². The van der Waals surface area contributed by atoms with Crippen LogP contribution < -0.4 is 5.73 Å². The van der Waals surface area contributed by atoms with Crippen LogP contribution in [0.4, 0.5) is 0 Å². The van der Waals surface area contributed by atoms with Crippen LogP contribution in [0.5, 0.6) is 0 Å². The molecule has 3 N–H and O–H groups in total. The first-order chi connectivity index (χ1) is 9.18. The third kappa shape index (κ3) is 3.54. The first-order valence-corrected chi connectivity index (χ1v) is 7.10. The zero-order valence-electron chi connectivity index (χ0n) is 11.8. The summed E-state index contributed by atoms with van der Waals surface area (Å²) in [6.45, 7) is 8.32. The fourth-order valence-electron chi connectivity index (χ4n) is 2.66. The first-order valence-electron chi connectivity index (χ1n) is 7.10. The largest absolute Gasteiger partial charge is 0.382 e. The normalized spacial score (nSPS) is 21.2. The highest BCUT2D eigenvalue weighted by atomic mass is 16.3. The summed E-state index contributed by atoms with van der Waals surface area (Å²) in [6, 6.07) is 9.76. The molecule has 1 fully saturated rings. The molecule has 106 valence electrons. The van der Waals surface area contributed by atoms with Crippen LogP contribution in [-0.4, -0.2) is 60.7 Å². The number of hydrogen-bond donors (Lipinski definition) is 2. The molecule has 1 saturated heterocycles. The van der Waals surface area contributed by atoms with Crippen molar-refractivity contribution in [1.82, 2.24) is 9.80 Å². The fraction of sp³-hybridized carbons (Fsp3) is 0.600. The van der Waals surface area contributed by atoms with Gasteiger partial charge in [0.15, 0.2) is 0 Å². The van der Waals surface area contributed by atoms with Crippen LogP contribution >= 0.6 is 0 Å². The summed E-state index contributed by atoms with van der Waals surface area (Å²) in [6.07, 6.45) is 0. The van der Waals surface area contributed by atoms with E-state index in [0.717, 1.165) is 38.3 Å². The summed E-state index contributed by atoms with van der Waals surface area (Å²) in [5.74, 6) is 0. The van der Waals surface area contributed by atoms with Crippen LogP contribution in [0.3, 0.4) is 0 Å². The Morgan fingerprint density at radius 1 is 1.11 bits per heavy atom. The van der Waals surface area contributed by atoms with Gasteiger partial charge in [-0.3, -0.25) is 4.90 Å². The van der Waals surface area contributed by atoms with Gasteiger partial charge in [0.05, 0.1) is 0 Å². The standard InChI is InChI=1S/C15H25N3O/c1-2-17-8-10-18(11-9-17)13-15(19,12-16)14-6-4-3-5-7-14/h3-7,19H,2,8-13,16H2,1H3. The van der Waals surface area contributed by atoms with Crippen LogP contribution in [0.15, 0.2) is 30.3 Å². The lowest BCUT2D eigenvalue weighted by atomic mass is 9.93. The maximum Gasteiger partial charge on any atom is 0.114 e. The highest BCUT2D eigenvalue weighted by Crippen LogP contribution is 2.21. The van der Waals surface area contributed by atoms with Crippen molar-refractivity contribution in [1.29, 1.82) is 0 Å². The molecule has 0 saturated carbocycles.